The minimum Gasteiger partial charge on any atom is -0.341 e. The molecule has 110 valence electrons. The Labute approximate surface area is 133 Å². The first-order valence-corrected chi connectivity index (χ1v) is 7.49. The maximum atomic E-state index is 8.42. The van der Waals surface area contributed by atoms with Gasteiger partial charge in [-0.05, 0) is 63.1 Å². The highest BCUT2D eigenvalue weighted by Crippen LogP contribution is 2.35. The van der Waals surface area contributed by atoms with E-state index in [4.69, 9.17) is 5.48 Å². The molecule has 0 aliphatic carbocycles. The zero-order chi connectivity index (χ0) is 18.1. The lowest BCUT2D eigenvalue weighted by Gasteiger charge is -2.27. The van der Waals surface area contributed by atoms with E-state index in [0.29, 0.717) is 30.7 Å². The van der Waals surface area contributed by atoms with Crippen molar-refractivity contribution in [3.8, 4) is 0 Å². The van der Waals surface area contributed by atoms with Crippen molar-refractivity contribution in [2.45, 2.75) is 19.3 Å². The van der Waals surface area contributed by atoms with E-state index < -0.39 is 0 Å². The van der Waals surface area contributed by atoms with E-state index >= 15 is 0 Å². The summed E-state index contributed by atoms with van der Waals surface area (Å²) in [6, 6.07) is 8.22. The average Bonchev–Trinajstić information content (AvgIpc) is 2.64. The largest absolute Gasteiger partial charge is 0.341 e. The van der Waals surface area contributed by atoms with Gasteiger partial charge in [-0.15, -0.1) is 0 Å². The van der Waals surface area contributed by atoms with E-state index in [1.807, 2.05) is 26.2 Å². The van der Waals surface area contributed by atoms with Gasteiger partial charge in [-0.2, -0.15) is 0 Å². The second kappa shape index (κ2) is 6.31. The number of anilines is 2. The second-order valence-electron chi connectivity index (χ2n) is 5.76. The smallest absolute Gasteiger partial charge is 0.0645 e. The summed E-state index contributed by atoms with van der Waals surface area (Å²) in [5.74, 6) is 0. The van der Waals surface area contributed by atoms with Crippen molar-refractivity contribution >= 4 is 11.4 Å². The minimum atomic E-state index is 0.342. The Morgan fingerprint density at radius 1 is 1.05 bits per heavy atom. The lowest BCUT2D eigenvalue weighted by atomic mass is 10.0. The van der Waals surface area contributed by atoms with Gasteiger partial charge < -0.3 is 9.80 Å². The molecule has 0 aromatic heterocycles. The minimum absolute atomic E-state index is 0.342. The fraction of sp³-hybridized carbons (Fsp3) is 0.368. The summed E-state index contributed by atoms with van der Waals surface area (Å²) in [5.41, 5.74) is 3.62. The van der Waals surface area contributed by atoms with Crippen LogP contribution in [0.15, 0.2) is 48.4 Å². The first-order chi connectivity index (χ1) is 11.9. The van der Waals surface area contributed by atoms with Crippen molar-refractivity contribution < 1.29 is 5.48 Å². The van der Waals surface area contributed by atoms with Gasteiger partial charge in [-0.3, -0.25) is 0 Å². The Hall–Kier alpha value is -1.80. The number of hydrogen-bond donors (Lipinski definition) is 0. The van der Waals surface area contributed by atoms with Gasteiger partial charge in [0.1, 0.15) is 0 Å². The van der Waals surface area contributed by atoms with Crippen LogP contribution in [0.25, 0.3) is 0 Å². The molecule has 1 aliphatic rings. The van der Waals surface area contributed by atoms with Crippen molar-refractivity contribution in [3.63, 3.8) is 0 Å². The zero-order valence-corrected chi connectivity index (χ0v) is 12.7. The maximum Gasteiger partial charge on any atom is 0.0645 e. The molecule has 0 atom stereocenters. The summed E-state index contributed by atoms with van der Waals surface area (Å²) in [5, 5.41) is 0. The fourth-order valence-electron chi connectivity index (χ4n) is 2.86. The van der Waals surface area contributed by atoms with E-state index in [1.54, 1.807) is 12.1 Å². The van der Waals surface area contributed by atoms with Gasteiger partial charge in [0.15, 0.2) is 0 Å². The van der Waals surface area contributed by atoms with Gasteiger partial charge in [-0.1, -0.05) is 36.4 Å². The van der Waals surface area contributed by atoms with Gasteiger partial charge in [-0.25, -0.2) is 0 Å². The number of rotatable bonds is 4. The molecule has 0 spiro atoms. The highest BCUT2D eigenvalue weighted by Gasteiger charge is 2.19. The zero-order valence-electron chi connectivity index (χ0n) is 16.7. The Balaban J connectivity index is 2.12. The predicted octanol–water partition coefficient (Wildman–Crippen LogP) is 3.88. The molecule has 2 heteroatoms. The Morgan fingerprint density at radius 3 is 2.14 bits per heavy atom. The standard InChI is InChI=1S/C19H24N2/c1-20(2)14-7-15-21-18-10-5-3-8-16(18)12-13-17-9-4-6-11-19(17)21/h3-6,8-11H,7,12-15H2,1-2H3/i3D,4D,10D,11D. The van der Waals surface area contributed by atoms with Crippen molar-refractivity contribution in [2.24, 2.45) is 0 Å². The number of benzene rings is 2. The summed E-state index contributed by atoms with van der Waals surface area (Å²) in [6.45, 7) is 1.64. The number of fused-ring (bicyclic) bond motifs is 2. The van der Waals surface area contributed by atoms with Gasteiger partial charge >= 0.3 is 0 Å². The van der Waals surface area contributed by atoms with Crippen molar-refractivity contribution in [2.75, 3.05) is 32.1 Å². The third-order valence-electron chi connectivity index (χ3n) is 3.90. The van der Waals surface area contributed by atoms with Crippen LogP contribution >= 0.6 is 0 Å². The number of aryl methyl sites for hydroxylation is 2. The number of para-hydroxylation sites is 2. The van der Waals surface area contributed by atoms with Crippen LogP contribution in [0.3, 0.4) is 0 Å². The normalized spacial score (nSPS) is 16.4. The molecule has 0 fully saturated rings. The third kappa shape index (κ3) is 3.11. The molecule has 0 saturated heterocycles. The predicted molar refractivity (Wildman–Crippen MR) is 90.5 cm³/mol. The molecule has 0 radical (unpaired) electrons. The van der Waals surface area contributed by atoms with E-state index in [9.17, 15) is 0 Å². The molecule has 2 aromatic rings. The SMILES string of the molecule is [2H]c1cc([2H])c2c(c1)CCc1cc([2H])cc([2H])c1N2CCCN(C)C. The molecule has 3 rings (SSSR count). The Kier molecular flexibility index (Phi) is 3.01. The lowest BCUT2D eigenvalue weighted by molar-refractivity contribution is 0.402. The molecule has 21 heavy (non-hydrogen) atoms. The van der Waals surface area contributed by atoms with Crippen LogP contribution in [0, 0.1) is 0 Å². The van der Waals surface area contributed by atoms with E-state index in [-0.39, 0.29) is 0 Å². The molecule has 0 bridgehead atoms. The van der Waals surface area contributed by atoms with Crippen LogP contribution in [0.2, 0.25) is 0 Å². The van der Waals surface area contributed by atoms with Crippen LogP contribution in [-0.2, 0) is 12.8 Å². The van der Waals surface area contributed by atoms with Crippen LogP contribution < -0.4 is 4.90 Å². The third-order valence-corrected chi connectivity index (χ3v) is 3.90. The monoisotopic (exact) mass is 284 g/mol. The lowest BCUT2D eigenvalue weighted by Crippen LogP contribution is -2.23. The summed E-state index contributed by atoms with van der Waals surface area (Å²) >= 11 is 0. The van der Waals surface area contributed by atoms with Crippen LogP contribution in [0.5, 0.6) is 0 Å². The first kappa shape index (κ1) is 10.0. The van der Waals surface area contributed by atoms with Gasteiger partial charge in [0, 0.05) is 17.9 Å². The van der Waals surface area contributed by atoms with Crippen LogP contribution in [0.4, 0.5) is 11.4 Å². The van der Waals surface area contributed by atoms with Crippen LogP contribution in [0.1, 0.15) is 23.0 Å². The quantitative estimate of drug-likeness (QED) is 0.841. The summed E-state index contributed by atoms with van der Waals surface area (Å²) in [6.07, 6.45) is 2.37. The molecular formula is C19H24N2. The average molecular weight is 284 g/mol. The molecule has 1 aliphatic heterocycles. The topological polar surface area (TPSA) is 6.48 Å². The molecule has 0 N–H and O–H groups in total. The number of hydrogen-bond acceptors (Lipinski definition) is 2. The molecule has 0 amide bonds. The van der Waals surface area contributed by atoms with Crippen molar-refractivity contribution in [1.82, 2.24) is 4.90 Å². The van der Waals surface area contributed by atoms with E-state index in [0.717, 1.165) is 48.3 Å². The van der Waals surface area contributed by atoms with Gasteiger partial charge in [0.05, 0.1) is 5.48 Å². The summed E-state index contributed by atoms with van der Waals surface area (Å²) in [4.78, 5) is 4.20. The fourth-order valence-corrected chi connectivity index (χ4v) is 2.86. The van der Waals surface area contributed by atoms with Crippen molar-refractivity contribution in [1.29, 1.82) is 0 Å². The first-order valence-electron chi connectivity index (χ1n) is 9.49. The van der Waals surface area contributed by atoms with Crippen molar-refractivity contribution in [3.05, 3.63) is 59.6 Å². The Bertz CT molecular complexity index is 730. The Morgan fingerprint density at radius 2 is 1.62 bits per heavy atom. The maximum absolute atomic E-state index is 8.42. The number of nitrogens with zero attached hydrogens (tertiary/aromatic N) is 2. The van der Waals surface area contributed by atoms with Gasteiger partial charge in [0.25, 0.3) is 0 Å². The van der Waals surface area contributed by atoms with Crippen LogP contribution in [-0.4, -0.2) is 32.1 Å². The van der Waals surface area contributed by atoms with Gasteiger partial charge in [0.2, 0.25) is 0 Å². The highest BCUT2D eigenvalue weighted by atomic mass is 15.1. The molecule has 0 unspecified atom stereocenters. The molecule has 2 nitrogen and oxygen atoms in total. The molecule has 2 aromatic carbocycles. The van der Waals surface area contributed by atoms with E-state index in [2.05, 4.69) is 9.80 Å². The van der Waals surface area contributed by atoms with E-state index in [1.165, 1.54) is 0 Å². The molecule has 1 heterocycles. The molecular weight excluding hydrogens is 256 g/mol. The summed E-state index contributed by atoms with van der Waals surface area (Å²) in [7, 11) is 4.07. The second-order valence-corrected chi connectivity index (χ2v) is 5.76. The molecule has 0 saturated carbocycles. The summed E-state index contributed by atoms with van der Waals surface area (Å²) < 4.78 is 32.7. The highest BCUT2D eigenvalue weighted by molar-refractivity contribution is 5.71.